The molecule has 11 heteroatoms. The number of halogens is 4. The second kappa shape index (κ2) is 6.32. The number of hydrogen-bond donors (Lipinski definition) is 1. The molecule has 5 rings (SSSR count). The Morgan fingerprint density at radius 3 is 2.68 bits per heavy atom. The molecule has 0 atom stereocenters. The van der Waals surface area contributed by atoms with Crippen LogP contribution in [0.2, 0.25) is 5.02 Å². The zero-order valence-electron chi connectivity index (χ0n) is 14.7. The monoisotopic (exact) mass is 445 g/mol. The van der Waals surface area contributed by atoms with Crippen molar-refractivity contribution in [2.24, 2.45) is 0 Å². The first-order valence-corrected chi connectivity index (χ1v) is 10.8. The smallest absolute Gasteiger partial charge is 0.295 e. The number of alkyl halides is 3. The molecule has 0 bridgehead atoms. The molecule has 0 aromatic carbocycles. The first-order chi connectivity index (χ1) is 13.2. The molecule has 2 aliphatic carbocycles. The van der Waals surface area contributed by atoms with E-state index in [1.807, 2.05) is 12.3 Å². The number of nitrogens with zero attached hydrogens (tertiary/aromatic N) is 4. The fraction of sp³-hybridized carbons (Fsp3) is 0.471. The molecule has 2 fully saturated rings. The maximum absolute atomic E-state index is 13.0. The minimum Gasteiger partial charge on any atom is -0.295 e. The van der Waals surface area contributed by atoms with Crippen LogP contribution < -0.4 is 4.72 Å². The zero-order valence-corrected chi connectivity index (χ0v) is 17.1. The van der Waals surface area contributed by atoms with Gasteiger partial charge >= 0.3 is 6.18 Å². The van der Waals surface area contributed by atoms with E-state index in [-0.39, 0.29) is 16.5 Å². The van der Waals surface area contributed by atoms with Crippen molar-refractivity contribution in [1.82, 2.24) is 24.3 Å². The van der Waals surface area contributed by atoms with Gasteiger partial charge < -0.3 is 0 Å². The molecule has 148 valence electrons. The molecule has 3 heterocycles. The molecule has 0 aliphatic heterocycles. The van der Waals surface area contributed by atoms with E-state index in [1.165, 1.54) is 11.9 Å². The molecule has 0 radical (unpaired) electrons. The van der Waals surface area contributed by atoms with Gasteiger partial charge in [-0.2, -0.15) is 13.2 Å². The van der Waals surface area contributed by atoms with Crippen molar-refractivity contribution in [2.45, 2.75) is 55.1 Å². The van der Waals surface area contributed by atoms with Crippen LogP contribution >= 0.6 is 34.9 Å². The quantitative estimate of drug-likeness (QED) is 0.522. The van der Waals surface area contributed by atoms with E-state index in [2.05, 4.69) is 26.8 Å². The summed E-state index contributed by atoms with van der Waals surface area (Å²) in [7, 11) is 0. The summed E-state index contributed by atoms with van der Waals surface area (Å²) >= 11 is 8.47. The molecule has 0 saturated heterocycles. The highest BCUT2D eigenvalue weighted by molar-refractivity contribution is 7.97. The van der Waals surface area contributed by atoms with E-state index in [0.29, 0.717) is 27.7 Å². The third-order valence-electron chi connectivity index (χ3n) is 4.93. The van der Waals surface area contributed by atoms with Crippen molar-refractivity contribution in [3.8, 4) is 10.7 Å². The summed E-state index contributed by atoms with van der Waals surface area (Å²) in [6.45, 7) is 2.15. The predicted molar refractivity (Wildman–Crippen MR) is 103 cm³/mol. The van der Waals surface area contributed by atoms with Crippen molar-refractivity contribution >= 4 is 40.5 Å². The van der Waals surface area contributed by atoms with Crippen LogP contribution in [-0.2, 0) is 6.18 Å². The Kier molecular flexibility index (Phi) is 4.21. The number of pyridine rings is 1. The van der Waals surface area contributed by atoms with E-state index in [9.17, 15) is 13.2 Å². The normalized spacial score (nSPS) is 18.8. The van der Waals surface area contributed by atoms with Crippen LogP contribution in [0.15, 0.2) is 17.2 Å². The molecule has 3 aromatic heterocycles. The number of aromatic nitrogens is 4. The highest BCUT2D eigenvalue weighted by Crippen LogP contribution is 2.46. The topological polar surface area (TPSA) is 55.1 Å². The predicted octanol–water partition coefficient (Wildman–Crippen LogP) is 5.55. The molecular weight excluding hydrogens is 431 g/mol. The van der Waals surface area contributed by atoms with Crippen molar-refractivity contribution < 1.29 is 13.2 Å². The molecule has 5 nitrogen and oxygen atoms in total. The van der Waals surface area contributed by atoms with Gasteiger partial charge in [-0.3, -0.25) is 9.12 Å². The van der Waals surface area contributed by atoms with Crippen LogP contribution in [-0.4, -0.2) is 25.1 Å². The molecular formula is C17H15ClF3N5S2. The number of rotatable bonds is 5. The van der Waals surface area contributed by atoms with Crippen molar-refractivity contribution in [1.29, 1.82) is 0 Å². The van der Waals surface area contributed by atoms with Gasteiger partial charge in [0.25, 0.3) is 0 Å². The molecule has 0 spiro atoms. The molecule has 1 N–H and O–H groups in total. The fourth-order valence-corrected chi connectivity index (χ4v) is 4.89. The second-order valence-corrected chi connectivity index (χ2v) is 9.78. The number of hydrogen-bond acceptors (Lipinski definition) is 6. The molecule has 28 heavy (non-hydrogen) atoms. The van der Waals surface area contributed by atoms with Gasteiger partial charge in [-0.15, -0.1) is 10.2 Å². The van der Waals surface area contributed by atoms with Gasteiger partial charge in [0, 0.05) is 22.5 Å². The molecule has 2 saturated carbocycles. The van der Waals surface area contributed by atoms with Gasteiger partial charge in [0.2, 0.25) is 5.01 Å². The van der Waals surface area contributed by atoms with Crippen molar-refractivity contribution in [3.05, 3.63) is 28.0 Å². The third kappa shape index (κ3) is 3.40. The highest BCUT2D eigenvalue weighted by Gasteiger charge is 2.39. The van der Waals surface area contributed by atoms with Gasteiger partial charge in [-0.05, 0) is 50.6 Å². The van der Waals surface area contributed by atoms with Crippen LogP contribution in [0.25, 0.3) is 16.3 Å². The molecule has 0 unspecified atom stereocenters. The van der Waals surface area contributed by atoms with Crippen LogP contribution in [0.3, 0.4) is 0 Å². The maximum atomic E-state index is 13.0. The Hall–Kier alpha value is -1.36. The lowest BCUT2D eigenvalue weighted by atomic mass is 10.2. The fourth-order valence-electron chi connectivity index (χ4n) is 2.91. The summed E-state index contributed by atoms with van der Waals surface area (Å²) in [6.07, 6.45) is 1.49. The van der Waals surface area contributed by atoms with Crippen LogP contribution in [0.1, 0.15) is 49.2 Å². The first kappa shape index (κ1) is 18.7. The van der Waals surface area contributed by atoms with Gasteiger partial charge in [0.05, 0.1) is 10.7 Å². The first-order valence-electron chi connectivity index (χ1n) is 8.80. The molecule has 0 amide bonds. The maximum Gasteiger partial charge on any atom is 0.445 e. The lowest BCUT2D eigenvalue weighted by molar-refractivity contribution is -0.138. The van der Waals surface area contributed by atoms with Crippen LogP contribution in [0.4, 0.5) is 13.2 Å². The number of fused-ring (bicyclic) bond motifs is 1. The van der Waals surface area contributed by atoms with E-state index < -0.39 is 11.2 Å². The minimum absolute atomic E-state index is 0.129. The molecule has 3 aromatic rings. The van der Waals surface area contributed by atoms with Crippen LogP contribution in [0, 0.1) is 0 Å². The average Bonchev–Trinajstić information content (AvgIpc) is 3.50. The van der Waals surface area contributed by atoms with Gasteiger partial charge in [0.1, 0.15) is 5.69 Å². The van der Waals surface area contributed by atoms with E-state index >= 15 is 0 Å². The number of imidazole rings is 1. The van der Waals surface area contributed by atoms with E-state index in [0.717, 1.165) is 36.3 Å². The average molecular weight is 446 g/mol. The Morgan fingerprint density at radius 1 is 1.32 bits per heavy atom. The van der Waals surface area contributed by atoms with E-state index in [4.69, 9.17) is 11.6 Å². The Balaban J connectivity index is 1.62. The van der Waals surface area contributed by atoms with Crippen molar-refractivity contribution in [2.75, 3.05) is 0 Å². The lowest BCUT2D eigenvalue weighted by Gasteiger charge is -2.11. The lowest BCUT2D eigenvalue weighted by Crippen LogP contribution is -2.19. The molecule has 2 aliphatic rings. The standard InChI is InChI=1S/C17H15ClF3N5S2/c1-16(4-5-16)25-28-9-6-10(18)13-22-11(8-2-3-8)12(26(13)7-9)14-23-24-15(27-14)17(19,20)21/h6-8,25H,2-5H2,1H3. The summed E-state index contributed by atoms with van der Waals surface area (Å²) in [5.41, 5.74) is 1.97. The van der Waals surface area contributed by atoms with Gasteiger partial charge in [0.15, 0.2) is 10.7 Å². The SMILES string of the molecule is CC1(NSc2cc(Cl)c3nc(C4CC4)c(-c4nnc(C(F)(F)F)s4)n3c2)CC1. The Labute approximate surface area is 171 Å². The van der Waals surface area contributed by atoms with Crippen LogP contribution in [0.5, 0.6) is 0 Å². The summed E-state index contributed by atoms with van der Waals surface area (Å²) in [5.74, 6) is 0.226. The summed E-state index contributed by atoms with van der Waals surface area (Å²) in [4.78, 5) is 5.51. The van der Waals surface area contributed by atoms with Gasteiger partial charge in [-0.25, -0.2) is 4.98 Å². The third-order valence-corrected chi connectivity index (χ3v) is 7.23. The highest BCUT2D eigenvalue weighted by atomic mass is 35.5. The summed E-state index contributed by atoms with van der Waals surface area (Å²) in [5, 5.41) is 6.88. The van der Waals surface area contributed by atoms with Crippen molar-refractivity contribution in [3.63, 3.8) is 0 Å². The summed E-state index contributed by atoms with van der Waals surface area (Å²) in [6, 6.07) is 1.83. The largest absolute Gasteiger partial charge is 0.445 e. The number of nitrogens with one attached hydrogen (secondary N) is 1. The summed E-state index contributed by atoms with van der Waals surface area (Å²) < 4.78 is 44.3. The van der Waals surface area contributed by atoms with E-state index in [1.54, 1.807) is 4.40 Å². The minimum atomic E-state index is -4.52. The Bertz CT molecular complexity index is 1070. The van der Waals surface area contributed by atoms with Gasteiger partial charge in [-0.1, -0.05) is 22.9 Å². The Morgan fingerprint density at radius 2 is 2.07 bits per heavy atom. The zero-order chi connectivity index (χ0) is 19.7. The second-order valence-electron chi connectivity index (χ2n) is 7.51.